The maximum atomic E-state index is 5.24. The second kappa shape index (κ2) is 15.7. The van der Waals surface area contributed by atoms with Gasteiger partial charge in [-0.25, -0.2) is 0 Å². The highest BCUT2D eigenvalue weighted by Gasteiger charge is 1.87. The lowest BCUT2D eigenvalue weighted by molar-refractivity contribution is 2.26. The zero-order valence-electron chi connectivity index (χ0n) is 3.73. The summed E-state index contributed by atoms with van der Waals surface area (Å²) in [5.41, 5.74) is 0. The molecule has 0 aromatic heterocycles. The first kappa shape index (κ1) is 24.1. The molecule has 8 heavy (non-hydrogen) atoms. The molecule has 0 aromatic carbocycles. The van der Waals surface area contributed by atoms with Crippen LogP contribution in [0.2, 0.25) is 13.6 Å². The SMILES string of the molecule is C.C.C.[B]B(C)[B]C. The van der Waals surface area contributed by atoms with Gasteiger partial charge in [0.15, 0.2) is 0 Å². The molecule has 0 heterocycles. The fourth-order valence-corrected chi connectivity index (χ4v) is 0. The van der Waals surface area contributed by atoms with Crippen molar-refractivity contribution in [2.24, 2.45) is 0 Å². The maximum absolute atomic E-state index is 5.24. The molecular weight excluding hydrogens is 92.5 g/mol. The van der Waals surface area contributed by atoms with Crippen LogP contribution in [-0.2, 0) is 0 Å². The third-order valence-corrected chi connectivity index (χ3v) is 0.526. The summed E-state index contributed by atoms with van der Waals surface area (Å²) in [6, 6.07) is 0. The summed E-state index contributed by atoms with van der Waals surface area (Å²) in [4.78, 5) is 0. The lowest BCUT2D eigenvalue weighted by Gasteiger charge is -1.83. The normalized spacial score (nSPS) is 4.25. The van der Waals surface area contributed by atoms with Gasteiger partial charge in [-0.1, -0.05) is 29.1 Å². The highest BCUT2D eigenvalue weighted by molar-refractivity contribution is 7.34. The minimum Gasteiger partial charge on any atom is -0.101 e. The Hall–Kier alpha value is 0.195. The van der Waals surface area contributed by atoms with Crippen LogP contribution in [0.4, 0.5) is 0 Å². The first-order chi connectivity index (χ1) is 2.27. The van der Waals surface area contributed by atoms with Crippen LogP contribution in [0.25, 0.3) is 0 Å². The zero-order chi connectivity index (χ0) is 4.28. The molecule has 3 radical (unpaired) electrons. The Morgan fingerprint density at radius 1 is 1.25 bits per heavy atom. The summed E-state index contributed by atoms with van der Waals surface area (Å²) in [5.74, 6) is 0. The second-order valence-electron chi connectivity index (χ2n) is 1.19. The van der Waals surface area contributed by atoms with Crippen molar-refractivity contribution < 1.29 is 0 Å². The van der Waals surface area contributed by atoms with E-state index in [0.29, 0.717) is 0 Å². The summed E-state index contributed by atoms with van der Waals surface area (Å²) in [7, 11) is 7.18. The van der Waals surface area contributed by atoms with E-state index in [4.69, 9.17) is 7.74 Å². The van der Waals surface area contributed by atoms with Crippen LogP contribution < -0.4 is 0 Å². The lowest BCUT2D eigenvalue weighted by atomic mass is 9.13. The summed E-state index contributed by atoms with van der Waals surface area (Å²) in [6.07, 6.45) is 0. The second-order valence-corrected chi connectivity index (χ2v) is 1.19. The van der Waals surface area contributed by atoms with Gasteiger partial charge in [-0.2, -0.15) is 0 Å². The molecule has 47 valence electrons. The average molecular weight is 111 g/mol. The van der Waals surface area contributed by atoms with E-state index in [2.05, 4.69) is 0 Å². The fraction of sp³-hybridized carbons (Fsp3) is 1.00. The largest absolute Gasteiger partial charge is 0.101 e. The highest BCUT2D eigenvalue weighted by atomic mass is 13.0. The smallest absolute Gasteiger partial charge is 0.0598 e. The Morgan fingerprint density at radius 3 is 1.38 bits per heavy atom. The Morgan fingerprint density at radius 2 is 1.38 bits per heavy atom. The van der Waals surface area contributed by atoms with Gasteiger partial charge in [-0.05, 0) is 0 Å². The third kappa shape index (κ3) is 34.7. The molecule has 0 amide bonds. The molecule has 0 spiro atoms. The van der Waals surface area contributed by atoms with Gasteiger partial charge in [0.1, 0.15) is 0 Å². The molecule has 0 unspecified atom stereocenters. The van der Waals surface area contributed by atoms with Crippen molar-refractivity contribution in [2.45, 2.75) is 35.9 Å². The summed E-state index contributed by atoms with van der Waals surface area (Å²) < 4.78 is 0. The monoisotopic (exact) mass is 111 g/mol. The van der Waals surface area contributed by atoms with Crippen LogP contribution >= 0.6 is 0 Å². The van der Waals surface area contributed by atoms with E-state index in [9.17, 15) is 0 Å². The van der Waals surface area contributed by atoms with Gasteiger partial charge < -0.3 is 0 Å². The average Bonchev–Trinajstić information content (AvgIpc) is 1.38. The number of hydrogen-bond acceptors (Lipinski definition) is 0. The van der Waals surface area contributed by atoms with Crippen molar-refractivity contribution in [2.75, 3.05) is 0 Å². The molecule has 0 N–H and O–H groups in total. The molecule has 0 aromatic rings. The molecular formula is C5H18B3. The Balaban J connectivity index is -0.0000000267. The highest BCUT2D eigenvalue weighted by Crippen LogP contribution is 1.62. The van der Waals surface area contributed by atoms with E-state index >= 15 is 0 Å². The van der Waals surface area contributed by atoms with Gasteiger partial charge in [0.25, 0.3) is 0 Å². The number of hydrogen-bond donors (Lipinski definition) is 0. The van der Waals surface area contributed by atoms with Gasteiger partial charge in [0, 0.05) is 7.74 Å². The van der Waals surface area contributed by atoms with Crippen molar-refractivity contribution in [1.82, 2.24) is 0 Å². The fourth-order valence-electron chi connectivity index (χ4n) is 0. The molecule has 0 rings (SSSR count). The molecule has 0 saturated heterocycles. The topological polar surface area (TPSA) is 0 Å². The molecule has 0 saturated carbocycles. The predicted octanol–water partition coefficient (Wildman–Crippen LogP) is 1.93. The molecule has 0 aliphatic heterocycles. The van der Waals surface area contributed by atoms with Crippen molar-refractivity contribution in [3.05, 3.63) is 0 Å². The maximum Gasteiger partial charge on any atom is 0.0598 e. The van der Waals surface area contributed by atoms with Crippen LogP contribution in [0.3, 0.4) is 0 Å². The Labute approximate surface area is 58.1 Å². The molecule has 0 bridgehead atoms. The Kier molecular flexibility index (Phi) is 47.3. The molecule has 0 aliphatic rings. The van der Waals surface area contributed by atoms with Crippen LogP contribution in [0.5, 0.6) is 0 Å². The van der Waals surface area contributed by atoms with Crippen molar-refractivity contribution in [3.63, 3.8) is 0 Å². The van der Waals surface area contributed by atoms with Crippen LogP contribution in [0.1, 0.15) is 22.3 Å². The lowest BCUT2D eigenvalue weighted by Crippen LogP contribution is -2.13. The predicted molar refractivity (Wildman–Crippen MR) is 49.2 cm³/mol. The van der Waals surface area contributed by atoms with Crippen molar-refractivity contribution >= 4 is 21.4 Å². The number of rotatable bonds is 1. The van der Waals surface area contributed by atoms with Crippen LogP contribution in [0.15, 0.2) is 0 Å². The van der Waals surface area contributed by atoms with E-state index in [1.807, 2.05) is 20.8 Å². The third-order valence-electron chi connectivity index (χ3n) is 0.526. The van der Waals surface area contributed by atoms with Crippen LogP contribution in [-0.4, -0.2) is 21.4 Å². The minimum atomic E-state index is 0. The van der Waals surface area contributed by atoms with E-state index in [0.717, 1.165) is 0 Å². The molecule has 0 fully saturated rings. The zero-order valence-corrected chi connectivity index (χ0v) is 3.73. The first-order valence-electron chi connectivity index (χ1n) is 1.82. The Bertz CT molecular complexity index is 21.6. The first-order valence-corrected chi connectivity index (χ1v) is 1.82. The van der Waals surface area contributed by atoms with Gasteiger partial charge >= 0.3 is 0 Å². The summed E-state index contributed by atoms with van der Waals surface area (Å²) in [5, 5.41) is 0. The minimum absolute atomic E-state index is 0. The molecule has 0 aliphatic carbocycles. The van der Waals surface area contributed by atoms with Gasteiger partial charge in [0.05, 0.1) is 13.7 Å². The summed E-state index contributed by atoms with van der Waals surface area (Å²) >= 11 is 0. The van der Waals surface area contributed by atoms with E-state index < -0.39 is 0 Å². The van der Waals surface area contributed by atoms with Crippen molar-refractivity contribution in [3.8, 4) is 0 Å². The van der Waals surface area contributed by atoms with Gasteiger partial charge in [-0.3, -0.25) is 0 Å². The molecule has 0 atom stereocenters. The van der Waals surface area contributed by atoms with Crippen molar-refractivity contribution in [1.29, 1.82) is 0 Å². The molecule has 0 nitrogen and oxygen atoms in total. The summed E-state index contributed by atoms with van der Waals surface area (Å²) in [6.45, 7) is 4.15. The van der Waals surface area contributed by atoms with Gasteiger partial charge in [-0.15, -0.1) is 6.82 Å². The van der Waals surface area contributed by atoms with E-state index in [-0.39, 0.29) is 28.8 Å². The van der Waals surface area contributed by atoms with Gasteiger partial charge in [0.2, 0.25) is 0 Å². The quantitative estimate of drug-likeness (QED) is 0.453. The van der Waals surface area contributed by atoms with Crippen LogP contribution in [0, 0.1) is 0 Å². The molecule has 3 heteroatoms. The standard InChI is InChI=1S/C2H6B3.3CH4/c1-4-5(2)3;;;/h1-2H3;3*1H4. The van der Waals surface area contributed by atoms with E-state index in [1.54, 1.807) is 0 Å². The van der Waals surface area contributed by atoms with E-state index in [1.165, 1.54) is 0 Å².